The van der Waals surface area contributed by atoms with Crippen LogP contribution in [0.25, 0.3) is 11.1 Å². The minimum Gasteiger partial charge on any atom is -0.356 e. The molecule has 30 heavy (non-hydrogen) atoms. The molecule has 0 atom stereocenters. The van der Waals surface area contributed by atoms with Crippen molar-refractivity contribution in [2.75, 3.05) is 24.5 Å². The highest BCUT2D eigenvalue weighted by Crippen LogP contribution is 2.23. The molecule has 1 amide bonds. The molecule has 1 aliphatic rings. The van der Waals surface area contributed by atoms with Crippen LogP contribution >= 0.6 is 11.6 Å². The molecule has 1 saturated heterocycles. The zero-order chi connectivity index (χ0) is 20.8. The third-order valence-electron chi connectivity index (χ3n) is 5.52. The fraction of sp³-hybridized carbons (Fsp3) is 0.292. The average molecular weight is 421 g/mol. The lowest BCUT2D eigenvalue weighted by Gasteiger charge is -2.31. The number of halogens is 1. The van der Waals surface area contributed by atoms with E-state index in [4.69, 9.17) is 11.6 Å². The summed E-state index contributed by atoms with van der Waals surface area (Å²) in [7, 11) is 0. The van der Waals surface area contributed by atoms with Gasteiger partial charge in [-0.3, -0.25) is 4.79 Å². The minimum absolute atomic E-state index is 0.0510. The standard InChI is InChI=1S/C24H25ClN4O/c25-22-8-6-18(7-9-22)10-13-26-23(30)20-11-14-29(15-12-20)24-27-16-21(17-28-24)19-4-2-1-3-5-19/h1-9,16-17,20H,10-15H2,(H,26,30). The van der Waals surface area contributed by atoms with Crippen molar-refractivity contribution >= 4 is 23.5 Å². The predicted octanol–water partition coefficient (Wildman–Crippen LogP) is 4.37. The third kappa shape index (κ3) is 5.16. The second-order valence-electron chi connectivity index (χ2n) is 7.57. The van der Waals surface area contributed by atoms with Gasteiger partial charge in [0.2, 0.25) is 11.9 Å². The molecule has 1 aromatic heterocycles. The summed E-state index contributed by atoms with van der Waals surface area (Å²) in [5.74, 6) is 0.926. The van der Waals surface area contributed by atoms with Gasteiger partial charge in [-0.15, -0.1) is 0 Å². The van der Waals surface area contributed by atoms with Crippen LogP contribution in [0, 0.1) is 5.92 Å². The fourth-order valence-electron chi connectivity index (χ4n) is 3.73. The Kier molecular flexibility index (Phi) is 6.60. The van der Waals surface area contributed by atoms with Crippen molar-refractivity contribution in [3.8, 4) is 11.1 Å². The molecule has 154 valence electrons. The monoisotopic (exact) mass is 420 g/mol. The molecular weight excluding hydrogens is 396 g/mol. The van der Waals surface area contributed by atoms with Crippen LogP contribution in [0.1, 0.15) is 18.4 Å². The number of carbonyl (C=O) groups excluding carboxylic acids is 1. The number of aromatic nitrogens is 2. The van der Waals surface area contributed by atoms with Gasteiger partial charge < -0.3 is 10.2 Å². The van der Waals surface area contributed by atoms with E-state index in [-0.39, 0.29) is 11.8 Å². The van der Waals surface area contributed by atoms with E-state index >= 15 is 0 Å². The van der Waals surface area contributed by atoms with Gasteiger partial charge in [0.1, 0.15) is 0 Å². The Hall–Kier alpha value is -2.92. The maximum absolute atomic E-state index is 12.5. The molecule has 1 aliphatic heterocycles. The number of rotatable bonds is 6. The molecule has 4 rings (SSSR count). The highest BCUT2D eigenvalue weighted by Gasteiger charge is 2.25. The molecule has 0 aliphatic carbocycles. The van der Waals surface area contributed by atoms with E-state index in [9.17, 15) is 4.79 Å². The third-order valence-corrected chi connectivity index (χ3v) is 5.77. The molecule has 5 nitrogen and oxygen atoms in total. The Labute approximate surface area is 182 Å². The minimum atomic E-state index is 0.0510. The van der Waals surface area contributed by atoms with E-state index < -0.39 is 0 Å². The van der Waals surface area contributed by atoms with Gasteiger partial charge in [-0.05, 0) is 42.5 Å². The predicted molar refractivity (Wildman–Crippen MR) is 121 cm³/mol. The number of nitrogens with one attached hydrogen (secondary N) is 1. The van der Waals surface area contributed by atoms with Gasteiger partial charge in [0.05, 0.1) is 0 Å². The van der Waals surface area contributed by atoms with Crippen LogP contribution in [0.4, 0.5) is 5.95 Å². The molecule has 0 saturated carbocycles. The van der Waals surface area contributed by atoms with Gasteiger partial charge in [-0.2, -0.15) is 0 Å². The van der Waals surface area contributed by atoms with Crippen LogP contribution in [0.2, 0.25) is 5.02 Å². The summed E-state index contributed by atoms with van der Waals surface area (Å²) in [5.41, 5.74) is 3.29. The number of piperidine rings is 1. The number of anilines is 1. The van der Waals surface area contributed by atoms with Crippen LogP contribution < -0.4 is 10.2 Å². The highest BCUT2D eigenvalue weighted by molar-refractivity contribution is 6.30. The molecule has 0 radical (unpaired) electrons. The van der Waals surface area contributed by atoms with Crippen molar-refractivity contribution in [2.45, 2.75) is 19.3 Å². The Morgan fingerprint density at radius 2 is 1.63 bits per heavy atom. The van der Waals surface area contributed by atoms with E-state index in [2.05, 4.69) is 32.3 Å². The first-order valence-electron chi connectivity index (χ1n) is 10.3. The van der Waals surface area contributed by atoms with E-state index in [1.807, 2.05) is 54.9 Å². The Morgan fingerprint density at radius 3 is 2.30 bits per heavy atom. The number of amides is 1. The quantitative estimate of drug-likeness (QED) is 0.643. The maximum atomic E-state index is 12.5. The molecule has 0 unspecified atom stereocenters. The van der Waals surface area contributed by atoms with Crippen LogP contribution in [0.5, 0.6) is 0 Å². The number of hydrogen-bond donors (Lipinski definition) is 1. The fourth-order valence-corrected chi connectivity index (χ4v) is 3.86. The molecule has 1 N–H and O–H groups in total. The van der Waals surface area contributed by atoms with Crippen LogP contribution in [-0.2, 0) is 11.2 Å². The second kappa shape index (κ2) is 9.72. The molecule has 2 heterocycles. The van der Waals surface area contributed by atoms with Crippen molar-refractivity contribution in [3.63, 3.8) is 0 Å². The smallest absolute Gasteiger partial charge is 0.225 e. The Balaban J connectivity index is 1.24. The molecule has 1 fully saturated rings. The molecular formula is C24H25ClN4O. The second-order valence-corrected chi connectivity index (χ2v) is 8.00. The molecule has 2 aromatic carbocycles. The van der Waals surface area contributed by atoms with Crippen molar-refractivity contribution in [1.82, 2.24) is 15.3 Å². The van der Waals surface area contributed by atoms with E-state index in [0.29, 0.717) is 6.54 Å². The van der Waals surface area contributed by atoms with Crippen molar-refractivity contribution in [2.24, 2.45) is 5.92 Å². The first-order chi connectivity index (χ1) is 14.7. The van der Waals surface area contributed by atoms with E-state index in [0.717, 1.165) is 54.4 Å². The molecule has 3 aromatic rings. The van der Waals surface area contributed by atoms with Gasteiger partial charge in [0.15, 0.2) is 0 Å². The summed E-state index contributed by atoms with van der Waals surface area (Å²) in [6, 6.07) is 17.9. The zero-order valence-corrected chi connectivity index (χ0v) is 17.6. The van der Waals surface area contributed by atoms with Gasteiger partial charge in [0, 0.05) is 48.5 Å². The average Bonchev–Trinajstić information content (AvgIpc) is 2.81. The van der Waals surface area contributed by atoms with E-state index in [1.165, 1.54) is 5.56 Å². The van der Waals surface area contributed by atoms with Crippen molar-refractivity contribution in [1.29, 1.82) is 0 Å². The lowest BCUT2D eigenvalue weighted by Crippen LogP contribution is -2.41. The SMILES string of the molecule is O=C(NCCc1ccc(Cl)cc1)C1CCN(c2ncc(-c3ccccc3)cn2)CC1. The zero-order valence-electron chi connectivity index (χ0n) is 16.8. The van der Waals surface area contributed by atoms with Crippen LogP contribution in [0.15, 0.2) is 67.0 Å². The first-order valence-corrected chi connectivity index (χ1v) is 10.7. The maximum Gasteiger partial charge on any atom is 0.225 e. The van der Waals surface area contributed by atoms with Crippen LogP contribution in [0.3, 0.4) is 0 Å². The molecule has 0 bridgehead atoms. The van der Waals surface area contributed by atoms with Crippen molar-refractivity contribution < 1.29 is 4.79 Å². The molecule has 0 spiro atoms. The largest absolute Gasteiger partial charge is 0.356 e. The summed E-state index contributed by atoms with van der Waals surface area (Å²) in [4.78, 5) is 23.7. The Morgan fingerprint density at radius 1 is 0.967 bits per heavy atom. The number of carbonyl (C=O) groups is 1. The van der Waals surface area contributed by atoms with Gasteiger partial charge in [0.25, 0.3) is 0 Å². The first kappa shape index (κ1) is 20.4. The van der Waals surface area contributed by atoms with Gasteiger partial charge in [-0.25, -0.2) is 9.97 Å². The van der Waals surface area contributed by atoms with Crippen molar-refractivity contribution in [3.05, 3.63) is 77.6 Å². The summed E-state index contributed by atoms with van der Waals surface area (Å²) >= 11 is 5.91. The highest BCUT2D eigenvalue weighted by atomic mass is 35.5. The number of hydrogen-bond acceptors (Lipinski definition) is 4. The van der Waals surface area contributed by atoms with Crippen LogP contribution in [-0.4, -0.2) is 35.5 Å². The lowest BCUT2D eigenvalue weighted by molar-refractivity contribution is -0.125. The summed E-state index contributed by atoms with van der Waals surface area (Å²) in [6.45, 7) is 2.23. The summed E-state index contributed by atoms with van der Waals surface area (Å²) in [6.07, 6.45) is 6.18. The normalized spacial score (nSPS) is 14.5. The molecule has 6 heteroatoms. The Bertz CT molecular complexity index is 953. The summed E-state index contributed by atoms with van der Waals surface area (Å²) < 4.78 is 0. The summed E-state index contributed by atoms with van der Waals surface area (Å²) in [5, 5.41) is 3.80. The van der Waals surface area contributed by atoms with Gasteiger partial charge >= 0.3 is 0 Å². The number of nitrogens with zero attached hydrogens (tertiary/aromatic N) is 3. The number of benzene rings is 2. The van der Waals surface area contributed by atoms with E-state index in [1.54, 1.807) is 0 Å². The van der Waals surface area contributed by atoms with Gasteiger partial charge in [-0.1, -0.05) is 54.1 Å². The lowest BCUT2D eigenvalue weighted by atomic mass is 9.96. The topological polar surface area (TPSA) is 58.1 Å².